The molecule has 0 spiro atoms. The summed E-state index contributed by atoms with van der Waals surface area (Å²) in [6.07, 6.45) is -2.12. The summed E-state index contributed by atoms with van der Waals surface area (Å²) < 4.78 is 4.86. The molecule has 4 atom stereocenters. The second-order valence-corrected chi connectivity index (χ2v) is 2.29. The van der Waals surface area contributed by atoms with E-state index in [0.717, 1.165) is 0 Å². The number of rotatable bonds is 0. The number of hydrogen-bond acceptors (Lipinski definition) is 3. The molecule has 1 heterocycles. The third-order valence-corrected chi connectivity index (χ3v) is 1.54. The van der Waals surface area contributed by atoms with Gasteiger partial charge in [-0.3, -0.25) is 0 Å². The molecule has 0 bridgehead atoms. The number of ether oxygens (including phenoxy) is 1. The Labute approximate surface area is 55.0 Å². The van der Waals surface area contributed by atoms with Crippen LogP contribution in [0.5, 0.6) is 0 Å². The first kappa shape index (κ1) is 7.06. The molecule has 0 saturated carbocycles. The number of aliphatic hydroxyl groups is 2. The summed E-state index contributed by atoms with van der Waals surface area (Å²) >= 11 is 0. The Morgan fingerprint density at radius 1 is 1.33 bits per heavy atom. The SMILES string of the molecule is [B]C1OC(C)C(O)C1O. The van der Waals surface area contributed by atoms with E-state index in [9.17, 15) is 0 Å². The molecular formula is C5H9BO3. The van der Waals surface area contributed by atoms with Crippen molar-refractivity contribution < 1.29 is 14.9 Å². The lowest BCUT2D eigenvalue weighted by atomic mass is 9.93. The molecule has 1 fully saturated rings. The van der Waals surface area contributed by atoms with Crippen LogP contribution in [0, 0.1) is 0 Å². The van der Waals surface area contributed by atoms with Gasteiger partial charge in [0.05, 0.1) is 12.2 Å². The quantitative estimate of drug-likeness (QED) is 0.395. The summed E-state index contributed by atoms with van der Waals surface area (Å²) in [5.74, 6) is 0. The minimum Gasteiger partial charge on any atom is -0.388 e. The highest BCUT2D eigenvalue weighted by atomic mass is 16.5. The van der Waals surface area contributed by atoms with Crippen LogP contribution in [0.1, 0.15) is 6.92 Å². The van der Waals surface area contributed by atoms with Gasteiger partial charge >= 0.3 is 0 Å². The predicted molar refractivity (Wildman–Crippen MR) is 32.1 cm³/mol. The van der Waals surface area contributed by atoms with Crippen molar-refractivity contribution in [3.63, 3.8) is 0 Å². The van der Waals surface area contributed by atoms with Crippen LogP contribution in [0.3, 0.4) is 0 Å². The van der Waals surface area contributed by atoms with Gasteiger partial charge in [0.1, 0.15) is 14.0 Å². The molecule has 1 aliphatic rings. The summed E-state index contributed by atoms with van der Waals surface area (Å²) in [7, 11) is 5.23. The van der Waals surface area contributed by atoms with Crippen LogP contribution in [-0.2, 0) is 4.74 Å². The van der Waals surface area contributed by atoms with Crippen LogP contribution in [0.25, 0.3) is 0 Å². The van der Waals surface area contributed by atoms with Gasteiger partial charge in [-0.15, -0.1) is 0 Å². The molecule has 50 valence electrons. The van der Waals surface area contributed by atoms with Crippen molar-refractivity contribution in [1.82, 2.24) is 0 Å². The largest absolute Gasteiger partial charge is 0.388 e. The molecule has 0 aromatic carbocycles. The van der Waals surface area contributed by atoms with Crippen molar-refractivity contribution in [1.29, 1.82) is 0 Å². The van der Waals surface area contributed by atoms with Crippen molar-refractivity contribution in [2.24, 2.45) is 0 Å². The Morgan fingerprint density at radius 2 is 1.89 bits per heavy atom. The molecule has 0 amide bonds. The van der Waals surface area contributed by atoms with Gasteiger partial charge in [0.15, 0.2) is 0 Å². The molecule has 1 saturated heterocycles. The standard InChI is InChI=1S/C5H9BO3/c1-2-3(7)4(8)5(6)9-2/h2-5,7-8H,1H3. The average molecular weight is 128 g/mol. The van der Waals surface area contributed by atoms with E-state index in [2.05, 4.69) is 0 Å². The molecule has 9 heavy (non-hydrogen) atoms. The van der Waals surface area contributed by atoms with Crippen molar-refractivity contribution in [3.8, 4) is 0 Å². The monoisotopic (exact) mass is 128 g/mol. The Bertz CT molecular complexity index is 96.4. The van der Waals surface area contributed by atoms with E-state index in [1.165, 1.54) is 0 Å². The van der Waals surface area contributed by atoms with Crippen LogP contribution in [-0.4, -0.2) is 42.4 Å². The smallest absolute Gasteiger partial charge is 0.112 e. The normalized spacial score (nSPS) is 51.9. The molecular weight excluding hydrogens is 119 g/mol. The van der Waals surface area contributed by atoms with Crippen LogP contribution < -0.4 is 0 Å². The van der Waals surface area contributed by atoms with Crippen molar-refractivity contribution in [2.45, 2.75) is 31.2 Å². The second kappa shape index (κ2) is 2.29. The minimum absolute atomic E-state index is 0.352. The van der Waals surface area contributed by atoms with Gasteiger partial charge in [0.25, 0.3) is 0 Å². The maximum atomic E-state index is 8.98. The minimum atomic E-state index is -0.931. The molecule has 0 aliphatic carbocycles. The Kier molecular flexibility index (Phi) is 1.79. The fourth-order valence-corrected chi connectivity index (χ4v) is 0.881. The lowest BCUT2D eigenvalue weighted by Crippen LogP contribution is -2.31. The third-order valence-electron chi connectivity index (χ3n) is 1.54. The zero-order chi connectivity index (χ0) is 7.02. The lowest BCUT2D eigenvalue weighted by molar-refractivity contribution is 0.0318. The molecule has 1 aliphatic heterocycles. The molecule has 3 nitrogen and oxygen atoms in total. The van der Waals surface area contributed by atoms with Crippen molar-refractivity contribution in [3.05, 3.63) is 0 Å². The Hall–Kier alpha value is -0.0551. The molecule has 0 aromatic heterocycles. The Balaban J connectivity index is 2.54. The first-order valence-electron chi connectivity index (χ1n) is 2.90. The lowest BCUT2D eigenvalue weighted by Gasteiger charge is -2.08. The number of hydrogen-bond donors (Lipinski definition) is 2. The highest BCUT2D eigenvalue weighted by molar-refractivity contribution is 6.11. The Morgan fingerprint density at radius 3 is 2.00 bits per heavy atom. The van der Waals surface area contributed by atoms with Crippen molar-refractivity contribution in [2.75, 3.05) is 0 Å². The van der Waals surface area contributed by atoms with E-state index in [1.54, 1.807) is 6.92 Å². The number of aliphatic hydroxyl groups excluding tert-OH is 2. The summed E-state index contributed by atoms with van der Waals surface area (Å²) in [6, 6.07) is -0.727. The first-order chi connectivity index (χ1) is 4.13. The summed E-state index contributed by atoms with van der Waals surface area (Å²) in [5.41, 5.74) is 0. The molecule has 0 aromatic rings. The van der Waals surface area contributed by atoms with Crippen LogP contribution in [0.2, 0.25) is 0 Å². The zero-order valence-corrected chi connectivity index (χ0v) is 5.19. The van der Waals surface area contributed by atoms with E-state index in [4.69, 9.17) is 22.8 Å². The van der Waals surface area contributed by atoms with Crippen LogP contribution >= 0.6 is 0 Å². The van der Waals surface area contributed by atoms with E-state index < -0.39 is 18.2 Å². The fourth-order valence-electron chi connectivity index (χ4n) is 0.881. The molecule has 4 heteroatoms. The fraction of sp³-hybridized carbons (Fsp3) is 1.00. The van der Waals surface area contributed by atoms with Gasteiger partial charge in [-0.05, 0) is 6.92 Å². The van der Waals surface area contributed by atoms with E-state index in [0.29, 0.717) is 0 Å². The first-order valence-corrected chi connectivity index (χ1v) is 2.90. The molecule has 2 N–H and O–H groups in total. The summed E-state index contributed by atoms with van der Waals surface area (Å²) in [6.45, 7) is 1.67. The molecule has 1 rings (SSSR count). The highest BCUT2D eigenvalue weighted by Gasteiger charge is 2.36. The van der Waals surface area contributed by atoms with Crippen LogP contribution in [0.4, 0.5) is 0 Å². The van der Waals surface area contributed by atoms with Crippen molar-refractivity contribution >= 4 is 7.85 Å². The van der Waals surface area contributed by atoms with Gasteiger partial charge in [-0.2, -0.15) is 0 Å². The van der Waals surface area contributed by atoms with Gasteiger partial charge in [0.2, 0.25) is 0 Å². The maximum absolute atomic E-state index is 8.98. The summed E-state index contributed by atoms with van der Waals surface area (Å²) in [4.78, 5) is 0. The topological polar surface area (TPSA) is 49.7 Å². The van der Waals surface area contributed by atoms with Gasteiger partial charge in [-0.25, -0.2) is 0 Å². The van der Waals surface area contributed by atoms with Gasteiger partial charge < -0.3 is 14.9 Å². The van der Waals surface area contributed by atoms with Gasteiger partial charge in [-0.1, -0.05) is 0 Å². The van der Waals surface area contributed by atoms with Gasteiger partial charge in [0, 0.05) is 6.00 Å². The molecule has 4 unspecified atom stereocenters. The second-order valence-electron chi connectivity index (χ2n) is 2.29. The average Bonchev–Trinajstić information content (AvgIpc) is 1.98. The predicted octanol–water partition coefficient (Wildman–Crippen LogP) is -1.38. The zero-order valence-electron chi connectivity index (χ0n) is 5.19. The van der Waals surface area contributed by atoms with E-state index in [1.807, 2.05) is 0 Å². The maximum Gasteiger partial charge on any atom is 0.112 e. The molecule has 2 radical (unpaired) electrons. The highest BCUT2D eigenvalue weighted by Crippen LogP contribution is 2.17. The third kappa shape index (κ3) is 1.10. The van der Waals surface area contributed by atoms with E-state index >= 15 is 0 Å². The van der Waals surface area contributed by atoms with Crippen LogP contribution in [0.15, 0.2) is 0 Å². The van der Waals surface area contributed by atoms with E-state index in [-0.39, 0.29) is 6.10 Å². The summed E-state index contributed by atoms with van der Waals surface area (Å²) in [5, 5.41) is 17.9.